The molecule has 0 aliphatic heterocycles. The third kappa shape index (κ3) is 2.87. The van der Waals surface area contributed by atoms with Gasteiger partial charge in [-0.3, -0.25) is 0 Å². The maximum atomic E-state index is 6.14. The predicted octanol–water partition coefficient (Wildman–Crippen LogP) is 4.89. The largest absolute Gasteiger partial charge is 0.398 e. The maximum Gasteiger partial charge on any atom is 0.0393 e. The monoisotopic (exact) mass is 251 g/mol. The highest BCUT2D eigenvalue weighted by atomic mass is 14.6. The molecular weight excluding hydrogens is 230 g/mol. The van der Waals surface area contributed by atoms with E-state index in [9.17, 15) is 0 Å². The molecule has 1 aliphatic carbocycles. The summed E-state index contributed by atoms with van der Waals surface area (Å²) in [4.78, 5) is 0. The first-order chi connectivity index (χ1) is 9.13. The average molecular weight is 251 g/mol. The summed E-state index contributed by atoms with van der Waals surface area (Å²) in [6, 6.07) is 8.05. The summed E-state index contributed by atoms with van der Waals surface area (Å²) in [5.41, 5.74) is 13.3. The van der Waals surface area contributed by atoms with Gasteiger partial charge in [-0.15, -0.1) is 0 Å². The van der Waals surface area contributed by atoms with Gasteiger partial charge in [0.1, 0.15) is 0 Å². The normalized spacial score (nSPS) is 16.3. The molecule has 0 heterocycles. The van der Waals surface area contributed by atoms with E-state index in [1.807, 2.05) is 24.3 Å². The van der Waals surface area contributed by atoms with E-state index in [-0.39, 0.29) is 0 Å². The second-order valence-electron chi connectivity index (χ2n) is 5.05. The highest BCUT2D eigenvalue weighted by molar-refractivity contribution is 5.88. The summed E-state index contributed by atoms with van der Waals surface area (Å²) in [6.45, 7) is 8.18. The third-order valence-corrected chi connectivity index (χ3v) is 3.61. The first-order valence-corrected chi connectivity index (χ1v) is 6.68. The van der Waals surface area contributed by atoms with Gasteiger partial charge in [0.15, 0.2) is 0 Å². The van der Waals surface area contributed by atoms with Crippen molar-refractivity contribution in [2.24, 2.45) is 0 Å². The standard InChI is InChI=1S/C18H21N/c1-4-14(3)18(15-11-9-13(2)10-12-15)16-7-5-6-8-17(16)19/h4-9,11H,1,10,12,19H2,2-3H3/b18-14+. The molecule has 0 radical (unpaired) electrons. The van der Waals surface area contributed by atoms with Gasteiger partial charge in [0.25, 0.3) is 0 Å². The van der Waals surface area contributed by atoms with Crippen molar-refractivity contribution in [2.45, 2.75) is 26.7 Å². The number of hydrogen-bond acceptors (Lipinski definition) is 1. The zero-order valence-corrected chi connectivity index (χ0v) is 11.7. The molecule has 0 saturated carbocycles. The van der Waals surface area contributed by atoms with Crippen molar-refractivity contribution in [3.05, 3.63) is 71.4 Å². The molecule has 98 valence electrons. The van der Waals surface area contributed by atoms with Gasteiger partial charge in [0.05, 0.1) is 0 Å². The lowest BCUT2D eigenvalue weighted by atomic mass is 9.86. The first kappa shape index (κ1) is 13.4. The van der Waals surface area contributed by atoms with Gasteiger partial charge >= 0.3 is 0 Å². The van der Waals surface area contributed by atoms with Crippen molar-refractivity contribution in [2.75, 3.05) is 5.73 Å². The summed E-state index contributed by atoms with van der Waals surface area (Å²) < 4.78 is 0. The van der Waals surface area contributed by atoms with Crippen LogP contribution >= 0.6 is 0 Å². The maximum absolute atomic E-state index is 6.14. The lowest BCUT2D eigenvalue weighted by Crippen LogP contribution is -2.00. The molecular formula is C18H21N. The van der Waals surface area contributed by atoms with Gasteiger partial charge in [-0.25, -0.2) is 0 Å². The molecule has 1 nitrogen and oxygen atoms in total. The minimum Gasteiger partial charge on any atom is -0.398 e. The van der Waals surface area contributed by atoms with Crippen LogP contribution in [0.5, 0.6) is 0 Å². The Hall–Kier alpha value is -2.02. The number of hydrogen-bond donors (Lipinski definition) is 1. The van der Waals surface area contributed by atoms with E-state index in [0.717, 1.165) is 24.1 Å². The summed E-state index contributed by atoms with van der Waals surface area (Å²) in [5, 5.41) is 0. The van der Waals surface area contributed by atoms with Crippen LogP contribution in [0.25, 0.3) is 5.57 Å². The molecule has 0 saturated heterocycles. The van der Waals surface area contributed by atoms with Gasteiger partial charge in [-0.05, 0) is 49.5 Å². The minimum absolute atomic E-state index is 0.825. The van der Waals surface area contributed by atoms with Crippen LogP contribution in [0, 0.1) is 0 Å². The van der Waals surface area contributed by atoms with Gasteiger partial charge in [-0.1, -0.05) is 48.6 Å². The Balaban J connectivity index is 2.57. The van der Waals surface area contributed by atoms with Crippen molar-refractivity contribution >= 4 is 11.3 Å². The molecule has 2 N–H and O–H groups in total. The molecule has 2 rings (SSSR count). The summed E-state index contributed by atoms with van der Waals surface area (Å²) in [7, 11) is 0. The number of allylic oxidation sites excluding steroid dienone is 7. The molecule has 1 aromatic rings. The SMILES string of the molecule is C=C/C(C)=C(\C1=CC=C(C)CC1)c1ccccc1N. The Labute approximate surface area is 115 Å². The third-order valence-electron chi connectivity index (χ3n) is 3.61. The van der Waals surface area contributed by atoms with Gasteiger partial charge in [-0.2, -0.15) is 0 Å². The first-order valence-electron chi connectivity index (χ1n) is 6.68. The van der Waals surface area contributed by atoms with E-state index in [4.69, 9.17) is 5.73 Å². The Morgan fingerprint density at radius 1 is 1.21 bits per heavy atom. The van der Waals surface area contributed by atoms with Crippen LogP contribution in [-0.2, 0) is 0 Å². The zero-order valence-electron chi connectivity index (χ0n) is 11.7. The average Bonchev–Trinajstić information content (AvgIpc) is 2.43. The fourth-order valence-corrected chi connectivity index (χ4v) is 2.42. The molecule has 0 aromatic heterocycles. The number of para-hydroxylation sites is 1. The number of nitrogens with two attached hydrogens (primary N) is 1. The lowest BCUT2D eigenvalue weighted by molar-refractivity contribution is 0.930. The minimum atomic E-state index is 0.825. The number of benzene rings is 1. The number of rotatable bonds is 3. The van der Waals surface area contributed by atoms with Crippen molar-refractivity contribution in [1.29, 1.82) is 0 Å². The Bertz CT molecular complexity index is 585. The van der Waals surface area contributed by atoms with Gasteiger partial charge in [0.2, 0.25) is 0 Å². The van der Waals surface area contributed by atoms with E-state index in [0.29, 0.717) is 0 Å². The quantitative estimate of drug-likeness (QED) is 0.600. The molecule has 0 spiro atoms. The molecule has 1 aromatic carbocycles. The van der Waals surface area contributed by atoms with E-state index in [1.54, 1.807) is 0 Å². The molecule has 1 aliphatic rings. The lowest BCUT2D eigenvalue weighted by Gasteiger charge is -2.19. The van der Waals surface area contributed by atoms with Crippen molar-refractivity contribution < 1.29 is 0 Å². The fraction of sp³-hybridized carbons (Fsp3) is 0.222. The Kier molecular flexibility index (Phi) is 4.06. The van der Waals surface area contributed by atoms with Crippen LogP contribution in [0.1, 0.15) is 32.3 Å². The second kappa shape index (κ2) is 5.75. The molecule has 1 heteroatoms. The van der Waals surface area contributed by atoms with E-state index >= 15 is 0 Å². The van der Waals surface area contributed by atoms with Crippen LogP contribution in [0.2, 0.25) is 0 Å². The van der Waals surface area contributed by atoms with Crippen molar-refractivity contribution in [1.82, 2.24) is 0 Å². The van der Waals surface area contributed by atoms with Crippen LogP contribution in [-0.4, -0.2) is 0 Å². The molecule has 0 unspecified atom stereocenters. The molecule has 0 bridgehead atoms. The highest BCUT2D eigenvalue weighted by Gasteiger charge is 2.14. The van der Waals surface area contributed by atoms with E-state index in [1.165, 1.54) is 22.3 Å². The molecule has 0 amide bonds. The summed E-state index contributed by atoms with van der Waals surface area (Å²) in [5.74, 6) is 0. The van der Waals surface area contributed by atoms with Crippen LogP contribution in [0.4, 0.5) is 5.69 Å². The highest BCUT2D eigenvalue weighted by Crippen LogP contribution is 2.35. The van der Waals surface area contributed by atoms with Crippen LogP contribution in [0.15, 0.2) is 65.8 Å². The summed E-state index contributed by atoms with van der Waals surface area (Å²) in [6.07, 6.45) is 8.51. The molecule has 19 heavy (non-hydrogen) atoms. The Morgan fingerprint density at radius 3 is 2.53 bits per heavy atom. The van der Waals surface area contributed by atoms with Crippen LogP contribution in [0.3, 0.4) is 0 Å². The molecule has 0 fully saturated rings. The summed E-state index contributed by atoms with van der Waals surface area (Å²) >= 11 is 0. The van der Waals surface area contributed by atoms with Gasteiger partial charge in [0, 0.05) is 11.3 Å². The second-order valence-corrected chi connectivity index (χ2v) is 5.05. The van der Waals surface area contributed by atoms with E-state index < -0.39 is 0 Å². The topological polar surface area (TPSA) is 26.0 Å². The number of nitrogen functional groups attached to an aromatic ring is 1. The van der Waals surface area contributed by atoms with Crippen molar-refractivity contribution in [3.8, 4) is 0 Å². The molecule has 0 atom stereocenters. The fourth-order valence-electron chi connectivity index (χ4n) is 2.42. The predicted molar refractivity (Wildman–Crippen MR) is 84.7 cm³/mol. The van der Waals surface area contributed by atoms with Crippen molar-refractivity contribution in [3.63, 3.8) is 0 Å². The zero-order chi connectivity index (χ0) is 13.8. The smallest absolute Gasteiger partial charge is 0.0393 e. The van der Waals surface area contributed by atoms with E-state index in [2.05, 4.69) is 38.6 Å². The van der Waals surface area contributed by atoms with Gasteiger partial charge < -0.3 is 5.73 Å². The Morgan fingerprint density at radius 2 is 1.95 bits per heavy atom. The number of anilines is 1. The van der Waals surface area contributed by atoms with Crippen LogP contribution < -0.4 is 5.73 Å².